The lowest BCUT2D eigenvalue weighted by Gasteiger charge is -2.21. The Morgan fingerprint density at radius 3 is 2.73 bits per heavy atom. The van der Waals surface area contributed by atoms with Gasteiger partial charge in [0, 0.05) is 60.2 Å². The summed E-state index contributed by atoms with van der Waals surface area (Å²) in [6.07, 6.45) is 4.80. The van der Waals surface area contributed by atoms with Crippen LogP contribution in [0.25, 0.3) is 22.2 Å². The van der Waals surface area contributed by atoms with Crippen LogP contribution in [0.15, 0.2) is 60.9 Å². The summed E-state index contributed by atoms with van der Waals surface area (Å²) in [6.45, 7) is 2.73. The van der Waals surface area contributed by atoms with Gasteiger partial charge in [-0.05, 0) is 61.2 Å². The molecule has 2 aromatic heterocycles. The van der Waals surface area contributed by atoms with E-state index in [2.05, 4.69) is 25.8 Å². The first-order valence-electron chi connectivity index (χ1n) is 12.3. The predicted molar refractivity (Wildman–Crippen MR) is 141 cm³/mol. The molecule has 0 bridgehead atoms. The molecule has 2 atom stereocenters. The average Bonchev–Trinajstić information content (AvgIpc) is 3.36. The zero-order valence-corrected chi connectivity index (χ0v) is 21.0. The first kappa shape index (κ1) is 26.2. The molecule has 0 radical (unpaired) electrons. The van der Waals surface area contributed by atoms with Gasteiger partial charge in [-0.3, -0.25) is 14.9 Å². The fourth-order valence-electron chi connectivity index (χ4n) is 4.23. The summed E-state index contributed by atoms with van der Waals surface area (Å²) < 4.78 is 19.6. The third-order valence-electron chi connectivity index (χ3n) is 6.42. The van der Waals surface area contributed by atoms with Gasteiger partial charge >= 0.3 is 0 Å². The number of carbonyl (C=O) groups is 1. The van der Waals surface area contributed by atoms with Crippen molar-refractivity contribution < 1.29 is 19.0 Å². The molecule has 4 rings (SSSR count). The van der Waals surface area contributed by atoms with Gasteiger partial charge in [0.15, 0.2) is 0 Å². The molecule has 0 fully saturated rings. The number of ether oxygens (including phenoxy) is 1. The quantitative estimate of drug-likeness (QED) is 0.231. The van der Waals surface area contributed by atoms with Gasteiger partial charge in [-0.2, -0.15) is 5.10 Å². The van der Waals surface area contributed by atoms with E-state index < -0.39 is 0 Å². The van der Waals surface area contributed by atoms with Gasteiger partial charge in [0.05, 0.1) is 12.6 Å². The first-order valence-corrected chi connectivity index (χ1v) is 12.3. The first-order chi connectivity index (χ1) is 18.0. The normalized spacial score (nSPS) is 12.9. The number of aliphatic hydroxyl groups is 1. The van der Waals surface area contributed by atoms with Crippen molar-refractivity contribution in [3.63, 3.8) is 0 Å². The Labute approximate surface area is 215 Å². The molecule has 2 heterocycles. The molecular formula is C28H32FN5O3. The second-order valence-electron chi connectivity index (χ2n) is 9.16. The molecule has 37 heavy (non-hydrogen) atoms. The number of aromatic nitrogens is 3. The summed E-state index contributed by atoms with van der Waals surface area (Å²) in [5, 5.41) is 24.1. The van der Waals surface area contributed by atoms with E-state index in [-0.39, 0.29) is 36.8 Å². The molecule has 0 aliphatic heterocycles. The fourth-order valence-corrected chi connectivity index (χ4v) is 4.23. The maximum absolute atomic E-state index is 14.3. The van der Waals surface area contributed by atoms with Crippen LogP contribution in [-0.2, 0) is 6.54 Å². The van der Waals surface area contributed by atoms with Crippen molar-refractivity contribution in [2.45, 2.75) is 32.4 Å². The van der Waals surface area contributed by atoms with Crippen molar-refractivity contribution in [1.82, 2.24) is 25.8 Å². The number of methoxy groups -OCH3 is 1. The van der Waals surface area contributed by atoms with E-state index in [1.807, 2.05) is 31.2 Å². The number of H-pyrrole nitrogens is 1. The molecule has 0 saturated carbocycles. The number of nitrogens with one attached hydrogen (secondary N) is 3. The molecular weight excluding hydrogens is 473 g/mol. The summed E-state index contributed by atoms with van der Waals surface area (Å²) in [5.41, 5.74) is 3.44. The van der Waals surface area contributed by atoms with Crippen LogP contribution in [0.1, 0.15) is 35.7 Å². The lowest BCUT2D eigenvalue weighted by molar-refractivity contribution is 0.0932. The van der Waals surface area contributed by atoms with Gasteiger partial charge < -0.3 is 20.5 Å². The molecule has 8 nitrogen and oxygen atoms in total. The van der Waals surface area contributed by atoms with Gasteiger partial charge in [0.2, 0.25) is 0 Å². The number of hydrogen-bond donors (Lipinski definition) is 4. The number of carbonyl (C=O) groups excluding carboxylic acids is 1. The van der Waals surface area contributed by atoms with Gasteiger partial charge in [-0.15, -0.1) is 0 Å². The van der Waals surface area contributed by atoms with Gasteiger partial charge in [-0.1, -0.05) is 13.0 Å². The highest BCUT2D eigenvalue weighted by atomic mass is 19.1. The molecule has 1 amide bonds. The molecule has 4 N–H and O–H groups in total. The number of fused-ring (bicyclic) bond motifs is 1. The number of aromatic amines is 1. The molecule has 0 saturated heterocycles. The minimum absolute atomic E-state index is 0.0788. The van der Waals surface area contributed by atoms with Gasteiger partial charge in [0.1, 0.15) is 17.3 Å². The van der Waals surface area contributed by atoms with Crippen molar-refractivity contribution in [3.8, 4) is 17.0 Å². The zero-order chi connectivity index (χ0) is 26.2. The fraction of sp³-hybridized carbons (Fsp3) is 0.321. The number of nitrogens with zero attached hydrogens (tertiary/aromatic N) is 2. The standard InChI is InChI=1S/C28H32FN5O3/c1-18(17-35)6-8-21(15-31-16-23-24(29)4-3-5-26(23)37-2)32-28(36)20-7-9-25-22(14-20)27(34-33-25)19-10-12-30-13-11-19/h3-5,7,9-14,18,21,31,35H,6,8,15-17H2,1-2H3,(H,32,36)(H,33,34)/t18?,21-/m1/s1. The molecule has 9 heteroatoms. The van der Waals surface area contributed by atoms with Crippen LogP contribution in [0.3, 0.4) is 0 Å². The maximum atomic E-state index is 14.3. The summed E-state index contributed by atoms with van der Waals surface area (Å²) in [5.74, 6) is 0.0205. The van der Waals surface area contributed by atoms with Crippen molar-refractivity contribution in [3.05, 3.63) is 77.9 Å². The zero-order valence-electron chi connectivity index (χ0n) is 21.0. The van der Waals surface area contributed by atoms with Crippen molar-refractivity contribution in [1.29, 1.82) is 0 Å². The SMILES string of the molecule is COc1cccc(F)c1CNC[C@@H](CCC(C)CO)NC(=O)c1ccc2[nH]nc(-c3ccncc3)c2c1. The van der Waals surface area contributed by atoms with Crippen LogP contribution in [0.5, 0.6) is 5.75 Å². The Hall–Kier alpha value is -3.82. The van der Waals surface area contributed by atoms with Crippen molar-refractivity contribution in [2.24, 2.45) is 5.92 Å². The number of hydrogen-bond acceptors (Lipinski definition) is 6. The molecule has 194 valence electrons. The number of aliphatic hydroxyl groups excluding tert-OH is 1. The Bertz CT molecular complexity index is 1330. The van der Waals surface area contributed by atoms with E-state index in [4.69, 9.17) is 4.74 Å². The third kappa shape index (κ3) is 6.49. The summed E-state index contributed by atoms with van der Waals surface area (Å²) in [4.78, 5) is 17.3. The largest absolute Gasteiger partial charge is 0.496 e. The summed E-state index contributed by atoms with van der Waals surface area (Å²) in [6, 6.07) is 13.7. The van der Waals surface area contributed by atoms with Crippen LogP contribution in [0.4, 0.5) is 4.39 Å². The van der Waals surface area contributed by atoms with E-state index >= 15 is 0 Å². The second-order valence-corrected chi connectivity index (χ2v) is 9.16. The second kappa shape index (κ2) is 12.4. The molecule has 0 spiro atoms. The van der Waals surface area contributed by atoms with Gasteiger partial charge in [-0.25, -0.2) is 4.39 Å². The van der Waals surface area contributed by atoms with Crippen LogP contribution in [0.2, 0.25) is 0 Å². The maximum Gasteiger partial charge on any atom is 0.251 e. The van der Waals surface area contributed by atoms with Crippen molar-refractivity contribution >= 4 is 16.8 Å². The average molecular weight is 506 g/mol. The van der Waals surface area contributed by atoms with E-state index in [1.54, 1.807) is 30.6 Å². The molecule has 1 unspecified atom stereocenters. The molecule has 0 aliphatic carbocycles. The number of pyridine rings is 1. The lowest BCUT2D eigenvalue weighted by Crippen LogP contribution is -2.42. The minimum atomic E-state index is -0.347. The Kier molecular flexibility index (Phi) is 8.81. The molecule has 2 aromatic carbocycles. The number of rotatable bonds is 12. The summed E-state index contributed by atoms with van der Waals surface area (Å²) in [7, 11) is 1.51. The highest BCUT2D eigenvalue weighted by molar-refractivity contribution is 6.01. The topological polar surface area (TPSA) is 112 Å². The molecule has 0 aliphatic rings. The number of benzene rings is 2. The van der Waals surface area contributed by atoms with E-state index in [9.17, 15) is 14.3 Å². The number of halogens is 1. The van der Waals surface area contributed by atoms with E-state index in [0.29, 0.717) is 29.8 Å². The van der Waals surface area contributed by atoms with Crippen LogP contribution < -0.4 is 15.4 Å². The van der Waals surface area contributed by atoms with Gasteiger partial charge in [0.25, 0.3) is 5.91 Å². The highest BCUT2D eigenvalue weighted by Gasteiger charge is 2.18. The predicted octanol–water partition coefficient (Wildman–Crippen LogP) is 4.07. The molecule has 4 aromatic rings. The smallest absolute Gasteiger partial charge is 0.251 e. The monoisotopic (exact) mass is 505 g/mol. The Balaban J connectivity index is 1.48. The minimum Gasteiger partial charge on any atom is -0.496 e. The van der Waals surface area contributed by atoms with Crippen LogP contribution in [0, 0.1) is 11.7 Å². The lowest BCUT2D eigenvalue weighted by atomic mass is 10.0. The van der Waals surface area contributed by atoms with Crippen LogP contribution >= 0.6 is 0 Å². The Morgan fingerprint density at radius 2 is 1.97 bits per heavy atom. The van der Waals surface area contributed by atoms with E-state index in [1.165, 1.54) is 13.2 Å². The van der Waals surface area contributed by atoms with E-state index in [0.717, 1.165) is 28.6 Å². The van der Waals surface area contributed by atoms with Crippen LogP contribution in [-0.4, -0.2) is 52.5 Å². The Morgan fingerprint density at radius 1 is 1.16 bits per heavy atom. The highest BCUT2D eigenvalue weighted by Crippen LogP contribution is 2.27. The van der Waals surface area contributed by atoms with Crippen molar-refractivity contribution in [2.75, 3.05) is 20.3 Å². The number of amides is 1. The third-order valence-corrected chi connectivity index (χ3v) is 6.42. The summed E-state index contributed by atoms with van der Waals surface area (Å²) >= 11 is 0.